The van der Waals surface area contributed by atoms with E-state index >= 15 is 0 Å². The summed E-state index contributed by atoms with van der Waals surface area (Å²) in [6, 6.07) is 3.41. The van der Waals surface area contributed by atoms with E-state index in [4.69, 9.17) is 0 Å². The molecule has 1 heterocycles. The molecule has 0 aliphatic heterocycles. The molecule has 0 unspecified atom stereocenters. The molecular formula is C14H23N3O3S. The maximum Gasteiger partial charge on any atom is 0.251 e. The molecule has 1 amide bonds. The van der Waals surface area contributed by atoms with Crippen molar-refractivity contribution in [1.82, 2.24) is 10.3 Å². The van der Waals surface area contributed by atoms with Gasteiger partial charge in [0.2, 0.25) is 0 Å². The fourth-order valence-corrected chi connectivity index (χ4v) is 2.17. The lowest BCUT2D eigenvalue weighted by Crippen LogP contribution is -2.29. The number of nitrogens with zero attached hydrogens (tertiary/aromatic N) is 1. The summed E-state index contributed by atoms with van der Waals surface area (Å²) in [5.41, 5.74) is 1.32. The first-order valence-corrected chi connectivity index (χ1v) is 9.12. The summed E-state index contributed by atoms with van der Waals surface area (Å²) < 4.78 is 22.1. The first-order valence-electron chi connectivity index (χ1n) is 7.06. The largest absolute Gasteiger partial charge is 0.370 e. The van der Waals surface area contributed by atoms with E-state index in [1.165, 1.54) is 0 Å². The molecule has 0 aliphatic rings. The number of sulfone groups is 1. The van der Waals surface area contributed by atoms with Crippen molar-refractivity contribution in [2.24, 2.45) is 0 Å². The standard InChI is InChI=1S/C14H23N3O3S/c1-4-6-15-13-10-11(9-12(5-2)17-13)14(18)16-7-8-21(3,19)20/h9-10H,4-8H2,1-3H3,(H,15,17)(H,16,18). The van der Waals surface area contributed by atoms with Crippen molar-refractivity contribution in [2.75, 3.05) is 30.4 Å². The van der Waals surface area contributed by atoms with Crippen LogP contribution in [-0.4, -0.2) is 44.4 Å². The number of anilines is 1. The van der Waals surface area contributed by atoms with Gasteiger partial charge >= 0.3 is 0 Å². The van der Waals surface area contributed by atoms with Gasteiger partial charge in [-0.15, -0.1) is 0 Å². The van der Waals surface area contributed by atoms with E-state index in [0.29, 0.717) is 11.4 Å². The predicted molar refractivity (Wildman–Crippen MR) is 84.4 cm³/mol. The average molecular weight is 313 g/mol. The van der Waals surface area contributed by atoms with Crippen molar-refractivity contribution in [3.8, 4) is 0 Å². The molecule has 0 radical (unpaired) electrons. The molecule has 118 valence electrons. The molecule has 0 aliphatic carbocycles. The second-order valence-corrected chi connectivity index (χ2v) is 7.16. The first kappa shape index (κ1) is 17.4. The Morgan fingerprint density at radius 3 is 2.52 bits per heavy atom. The second kappa shape index (κ2) is 7.97. The molecule has 1 aromatic rings. The zero-order valence-electron chi connectivity index (χ0n) is 12.8. The number of carbonyl (C=O) groups excluding carboxylic acids is 1. The summed E-state index contributed by atoms with van der Waals surface area (Å²) in [5, 5.41) is 5.77. The van der Waals surface area contributed by atoms with Gasteiger partial charge in [0.05, 0.1) is 5.75 Å². The van der Waals surface area contributed by atoms with Crippen LogP contribution in [0.4, 0.5) is 5.82 Å². The molecule has 21 heavy (non-hydrogen) atoms. The second-order valence-electron chi connectivity index (χ2n) is 4.90. The van der Waals surface area contributed by atoms with Crippen LogP contribution in [0.5, 0.6) is 0 Å². The van der Waals surface area contributed by atoms with Gasteiger partial charge in [0.1, 0.15) is 15.7 Å². The Balaban J connectivity index is 2.77. The molecule has 6 nitrogen and oxygen atoms in total. The number of aryl methyl sites for hydroxylation is 1. The van der Waals surface area contributed by atoms with Crippen LogP contribution < -0.4 is 10.6 Å². The van der Waals surface area contributed by atoms with Gasteiger partial charge in [0, 0.05) is 30.6 Å². The van der Waals surface area contributed by atoms with E-state index in [-0.39, 0.29) is 18.2 Å². The summed E-state index contributed by atoms with van der Waals surface area (Å²) in [6.07, 6.45) is 2.84. The van der Waals surface area contributed by atoms with Crippen LogP contribution in [-0.2, 0) is 16.3 Å². The lowest BCUT2D eigenvalue weighted by molar-refractivity contribution is 0.0956. The van der Waals surface area contributed by atoms with E-state index in [2.05, 4.69) is 22.5 Å². The summed E-state index contributed by atoms with van der Waals surface area (Å²) in [6.45, 7) is 4.92. The third-order valence-corrected chi connectivity index (χ3v) is 3.76. The Bertz CT molecular complexity index is 585. The Labute approximate surface area is 126 Å². The van der Waals surface area contributed by atoms with Crippen molar-refractivity contribution in [3.63, 3.8) is 0 Å². The highest BCUT2D eigenvalue weighted by molar-refractivity contribution is 7.90. The van der Waals surface area contributed by atoms with Crippen LogP contribution in [0.25, 0.3) is 0 Å². The Kier molecular flexibility index (Phi) is 6.61. The fraction of sp³-hybridized carbons (Fsp3) is 0.571. The number of hydrogen-bond acceptors (Lipinski definition) is 5. The maximum absolute atomic E-state index is 12.1. The van der Waals surface area contributed by atoms with Crippen LogP contribution >= 0.6 is 0 Å². The van der Waals surface area contributed by atoms with E-state index in [1.54, 1.807) is 12.1 Å². The molecule has 1 rings (SSSR count). The van der Waals surface area contributed by atoms with E-state index in [9.17, 15) is 13.2 Å². The van der Waals surface area contributed by atoms with Gasteiger partial charge in [-0.2, -0.15) is 0 Å². The number of rotatable bonds is 8. The third kappa shape index (κ3) is 6.57. The molecule has 0 atom stereocenters. The summed E-state index contributed by atoms with van der Waals surface area (Å²) >= 11 is 0. The number of aromatic nitrogens is 1. The molecule has 2 N–H and O–H groups in total. The minimum Gasteiger partial charge on any atom is -0.370 e. The van der Waals surface area contributed by atoms with Crippen molar-refractivity contribution < 1.29 is 13.2 Å². The van der Waals surface area contributed by atoms with Crippen LogP contribution in [0.1, 0.15) is 36.3 Å². The molecular weight excluding hydrogens is 290 g/mol. The number of pyridine rings is 1. The fourth-order valence-electron chi connectivity index (χ4n) is 1.70. The molecule has 0 bridgehead atoms. The zero-order valence-corrected chi connectivity index (χ0v) is 13.6. The number of carbonyl (C=O) groups is 1. The van der Waals surface area contributed by atoms with Gasteiger partial charge in [-0.3, -0.25) is 4.79 Å². The van der Waals surface area contributed by atoms with Gasteiger partial charge in [-0.05, 0) is 25.0 Å². The van der Waals surface area contributed by atoms with Crippen molar-refractivity contribution >= 4 is 21.6 Å². The Hall–Kier alpha value is -1.63. The smallest absolute Gasteiger partial charge is 0.251 e. The van der Waals surface area contributed by atoms with Crippen LogP contribution in [0, 0.1) is 0 Å². The zero-order chi connectivity index (χ0) is 15.9. The van der Waals surface area contributed by atoms with Crippen molar-refractivity contribution in [1.29, 1.82) is 0 Å². The van der Waals surface area contributed by atoms with Crippen molar-refractivity contribution in [3.05, 3.63) is 23.4 Å². The topological polar surface area (TPSA) is 88.2 Å². The lowest BCUT2D eigenvalue weighted by atomic mass is 10.2. The molecule has 7 heteroatoms. The lowest BCUT2D eigenvalue weighted by Gasteiger charge is -2.10. The van der Waals surface area contributed by atoms with Gasteiger partial charge in [-0.25, -0.2) is 13.4 Å². The highest BCUT2D eigenvalue weighted by Gasteiger charge is 2.10. The molecule has 0 saturated heterocycles. The number of nitrogens with one attached hydrogen (secondary N) is 2. The van der Waals surface area contributed by atoms with Crippen LogP contribution in [0.15, 0.2) is 12.1 Å². The Morgan fingerprint density at radius 1 is 1.24 bits per heavy atom. The minimum absolute atomic E-state index is 0.0641. The van der Waals surface area contributed by atoms with Gasteiger partial charge < -0.3 is 10.6 Å². The summed E-state index contributed by atoms with van der Waals surface area (Å²) in [7, 11) is -3.07. The highest BCUT2D eigenvalue weighted by atomic mass is 32.2. The van der Waals surface area contributed by atoms with Gasteiger partial charge in [0.15, 0.2) is 0 Å². The quantitative estimate of drug-likeness (QED) is 0.754. The van der Waals surface area contributed by atoms with Crippen LogP contribution in [0.2, 0.25) is 0 Å². The van der Waals surface area contributed by atoms with E-state index < -0.39 is 9.84 Å². The molecule has 0 saturated carbocycles. The van der Waals surface area contributed by atoms with Gasteiger partial charge in [-0.1, -0.05) is 13.8 Å². The van der Waals surface area contributed by atoms with E-state index in [0.717, 1.165) is 31.3 Å². The molecule has 1 aromatic heterocycles. The number of hydrogen-bond donors (Lipinski definition) is 2. The average Bonchev–Trinajstić information content (AvgIpc) is 2.43. The van der Waals surface area contributed by atoms with Gasteiger partial charge in [0.25, 0.3) is 5.91 Å². The van der Waals surface area contributed by atoms with Crippen molar-refractivity contribution in [2.45, 2.75) is 26.7 Å². The summed E-state index contributed by atoms with van der Waals surface area (Å²) in [4.78, 5) is 16.5. The first-order chi connectivity index (χ1) is 9.85. The number of amides is 1. The maximum atomic E-state index is 12.1. The molecule has 0 aromatic carbocycles. The summed E-state index contributed by atoms with van der Waals surface area (Å²) in [5.74, 6) is 0.325. The third-order valence-electron chi connectivity index (χ3n) is 2.82. The monoisotopic (exact) mass is 313 g/mol. The molecule has 0 fully saturated rings. The normalized spacial score (nSPS) is 11.2. The SMILES string of the molecule is CCCNc1cc(C(=O)NCCS(C)(=O)=O)cc(CC)n1. The minimum atomic E-state index is -3.07. The highest BCUT2D eigenvalue weighted by Crippen LogP contribution is 2.11. The molecule has 0 spiro atoms. The van der Waals surface area contributed by atoms with E-state index in [1.807, 2.05) is 6.92 Å². The predicted octanol–water partition coefficient (Wildman–Crippen LogP) is 1.24. The van der Waals surface area contributed by atoms with Crippen LogP contribution in [0.3, 0.4) is 0 Å². The Morgan fingerprint density at radius 2 is 1.95 bits per heavy atom.